The summed E-state index contributed by atoms with van der Waals surface area (Å²) in [6, 6.07) is 5.73. The molecule has 1 atom stereocenters. The first-order valence-corrected chi connectivity index (χ1v) is 11.9. The number of esters is 1. The topological polar surface area (TPSA) is 126 Å². The second-order valence-corrected chi connectivity index (χ2v) is 9.46. The number of carboxylic acid groups (broad SMARTS) is 1. The number of rotatable bonds is 7. The summed E-state index contributed by atoms with van der Waals surface area (Å²) in [4.78, 5) is 30.0. The first-order valence-electron chi connectivity index (χ1n) is 10.1. The number of carbonyl (C=O) groups excluding carboxylic acids is 1. The third-order valence-corrected chi connectivity index (χ3v) is 7.13. The van der Waals surface area contributed by atoms with Gasteiger partial charge in [-0.2, -0.15) is 0 Å². The molecule has 3 rings (SSSR count). The zero-order valence-corrected chi connectivity index (χ0v) is 19.2. The molecular formula is C21H24ClN3O6S. The Kier molecular flexibility index (Phi) is 7.25. The molecular weight excluding hydrogens is 458 g/mol. The van der Waals surface area contributed by atoms with Crippen molar-refractivity contribution in [3.05, 3.63) is 46.6 Å². The third-order valence-electron chi connectivity index (χ3n) is 5.20. The number of ether oxygens (including phenoxy) is 1. The van der Waals surface area contributed by atoms with Crippen molar-refractivity contribution in [3.63, 3.8) is 0 Å². The second kappa shape index (κ2) is 9.74. The van der Waals surface area contributed by atoms with Crippen molar-refractivity contribution in [1.82, 2.24) is 4.98 Å². The fourth-order valence-corrected chi connectivity index (χ4v) is 5.17. The van der Waals surface area contributed by atoms with Crippen LogP contribution >= 0.6 is 11.6 Å². The van der Waals surface area contributed by atoms with Crippen LogP contribution in [0, 0.1) is 12.8 Å². The predicted octanol–water partition coefficient (Wildman–Crippen LogP) is 3.32. The number of hydrogen-bond acceptors (Lipinski definition) is 7. The third kappa shape index (κ3) is 5.13. The number of aromatic nitrogens is 1. The molecule has 1 saturated heterocycles. The number of benzene rings is 1. The van der Waals surface area contributed by atoms with E-state index >= 15 is 0 Å². The number of piperidine rings is 1. The molecule has 0 radical (unpaired) electrons. The first-order chi connectivity index (χ1) is 15.1. The molecule has 0 aliphatic carbocycles. The highest BCUT2D eigenvalue weighted by molar-refractivity contribution is 7.92. The van der Waals surface area contributed by atoms with Crippen molar-refractivity contribution in [2.24, 2.45) is 5.92 Å². The summed E-state index contributed by atoms with van der Waals surface area (Å²) in [5.74, 6) is -1.79. The summed E-state index contributed by atoms with van der Waals surface area (Å²) in [5, 5.41) is 10.0. The van der Waals surface area contributed by atoms with Crippen molar-refractivity contribution >= 4 is 45.1 Å². The van der Waals surface area contributed by atoms with Gasteiger partial charge in [0.05, 0.1) is 29.3 Å². The van der Waals surface area contributed by atoms with Crippen LogP contribution < -0.4 is 9.62 Å². The molecule has 1 aliphatic heterocycles. The summed E-state index contributed by atoms with van der Waals surface area (Å²) in [6.45, 7) is 4.38. The van der Waals surface area contributed by atoms with Crippen molar-refractivity contribution in [3.8, 4) is 0 Å². The smallest absolute Gasteiger partial charge is 0.339 e. The van der Waals surface area contributed by atoms with Gasteiger partial charge >= 0.3 is 11.9 Å². The molecule has 0 bridgehead atoms. The zero-order valence-electron chi connectivity index (χ0n) is 17.7. The highest BCUT2D eigenvalue weighted by Crippen LogP contribution is 2.29. The molecule has 32 heavy (non-hydrogen) atoms. The maximum atomic E-state index is 12.8. The fourth-order valence-electron chi connectivity index (χ4n) is 3.63. The molecule has 1 aromatic heterocycles. The van der Waals surface area contributed by atoms with Crippen LogP contribution in [0.3, 0.4) is 0 Å². The first kappa shape index (κ1) is 23.8. The molecule has 0 spiro atoms. The van der Waals surface area contributed by atoms with E-state index in [9.17, 15) is 23.1 Å². The Morgan fingerprint density at radius 3 is 2.81 bits per heavy atom. The zero-order chi connectivity index (χ0) is 23.5. The number of hydrogen-bond donors (Lipinski definition) is 2. The summed E-state index contributed by atoms with van der Waals surface area (Å²) < 4.78 is 33.1. The second-order valence-electron chi connectivity index (χ2n) is 7.41. The average molecular weight is 482 g/mol. The molecule has 1 fully saturated rings. The number of carboxylic acids is 1. The van der Waals surface area contributed by atoms with Crippen LogP contribution in [0.15, 0.2) is 35.4 Å². The van der Waals surface area contributed by atoms with Gasteiger partial charge in [-0.3, -0.25) is 9.52 Å². The van der Waals surface area contributed by atoms with Crippen molar-refractivity contribution in [1.29, 1.82) is 0 Å². The number of nitrogens with one attached hydrogen (secondary N) is 1. The van der Waals surface area contributed by atoms with Crippen LogP contribution in [-0.2, 0) is 19.6 Å². The highest BCUT2D eigenvalue weighted by Gasteiger charge is 2.30. The summed E-state index contributed by atoms with van der Waals surface area (Å²) in [5.41, 5.74) is 0.213. The van der Waals surface area contributed by atoms with E-state index in [4.69, 9.17) is 16.3 Å². The van der Waals surface area contributed by atoms with E-state index in [1.54, 1.807) is 24.8 Å². The fraction of sp³-hybridized carbons (Fsp3) is 0.381. The minimum absolute atomic E-state index is 0.00415. The molecule has 0 amide bonds. The lowest BCUT2D eigenvalue weighted by Gasteiger charge is -2.33. The van der Waals surface area contributed by atoms with Crippen LogP contribution in [0.5, 0.6) is 0 Å². The Labute approximate surface area is 191 Å². The number of sulfonamides is 1. The molecule has 0 unspecified atom stereocenters. The van der Waals surface area contributed by atoms with Gasteiger partial charge in [0.2, 0.25) is 0 Å². The van der Waals surface area contributed by atoms with Crippen molar-refractivity contribution in [2.45, 2.75) is 31.6 Å². The van der Waals surface area contributed by atoms with Gasteiger partial charge < -0.3 is 14.7 Å². The van der Waals surface area contributed by atoms with Crippen molar-refractivity contribution < 1.29 is 27.9 Å². The Balaban J connectivity index is 1.89. The van der Waals surface area contributed by atoms with Crippen LogP contribution in [0.2, 0.25) is 5.02 Å². The minimum Gasteiger partial charge on any atom is -0.478 e. The van der Waals surface area contributed by atoms with Gasteiger partial charge in [0.1, 0.15) is 11.4 Å². The summed E-state index contributed by atoms with van der Waals surface area (Å²) >= 11 is 6.03. The number of carbonyl (C=O) groups is 2. The lowest BCUT2D eigenvalue weighted by Crippen LogP contribution is -2.40. The quantitative estimate of drug-likeness (QED) is 0.577. The maximum Gasteiger partial charge on any atom is 0.339 e. The standard InChI is InChI=1S/C21H24ClN3O6S/c1-3-31-21(28)14-6-5-9-25(12-14)19-16(20(26)27)10-15(11-23-19)24-32(29,30)18-8-4-7-17(22)13(18)2/h4,7-8,10-11,14,24H,3,5-6,9,12H2,1-2H3,(H,26,27)/t14-/m0/s1. The Bertz CT molecular complexity index is 1140. The Morgan fingerprint density at radius 1 is 1.38 bits per heavy atom. The van der Waals surface area contributed by atoms with Gasteiger partial charge in [-0.15, -0.1) is 0 Å². The van der Waals surface area contributed by atoms with Gasteiger partial charge in [-0.05, 0) is 50.5 Å². The van der Waals surface area contributed by atoms with E-state index < -0.39 is 16.0 Å². The molecule has 2 aromatic rings. The average Bonchev–Trinajstić information content (AvgIpc) is 2.75. The van der Waals surface area contributed by atoms with Crippen LogP contribution in [-0.4, -0.2) is 50.1 Å². The number of anilines is 2. The number of nitrogens with zero attached hydrogens (tertiary/aromatic N) is 2. The summed E-state index contributed by atoms with van der Waals surface area (Å²) in [6.07, 6.45) is 2.58. The van der Waals surface area contributed by atoms with E-state index in [2.05, 4.69) is 9.71 Å². The molecule has 2 N–H and O–H groups in total. The predicted molar refractivity (Wildman–Crippen MR) is 120 cm³/mol. The van der Waals surface area contributed by atoms with E-state index in [0.717, 1.165) is 0 Å². The number of pyridine rings is 1. The normalized spacial score (nSPS) is 16.5. The number of aromatic carboxylic acids is 1. The lowest BCUT2D eigenvalue weighted by atomic mass is 9.98. The van der Waals surface area contributed by atoms with Gasteiger partial charge in [0.15, 0.2) is 0 Å². The molecule has 9 nitrogen and oxygen atoms in total. The van der Waals surface area contributed by atoms with Crippen LogP contribution in [0.4, 0.5) is 11.5 Å². The van der Waals surface area contributed by atoms with E-state index in [-0.39, 0.29) is 47.0 Å². The van der Waals surface area contributed by atoms with Gasteiger partial charge in [-0.1, -0.05) is 17.7 Å². The molecule has 172 valence electrons. The monoisotopic (exact) mass is 481 g/mol. The Morgan fingerprint density at radius 2 is 2.12 bits per heavy atom. The highest BCUT2D eigenvalue weighted by atomic mass is 35.5. The Hall–Kier alpha value is -2.85. The molecule has 2 heterocycles. The van der Waals surface area contributed by atoms with E-state index in [1.165, 1.54) is 24.4 Å². The largest absolute Gasteiger partial charge is 0.478 e. The van der Waals surface area contributed by atoms with Gasteiger partial charge in [-0.25, -0.2) is 18.2 Å². The molecule has 0 saturated carbocycles. The number of halogens is 1. The summed E-state index contributed by atoms with van der Waals surface area (Å²) in [7, 11) is -4.02. The maximum absolute atomic E-state index is 12.8. The van der Waals surface area contributed by atoms with Crippen LogP contribution in [0.25, 0.3) is 0 Å². The molecule has 11 heteroatoms. The van der Waals surface area contributed by atoms with Gasteiger partial charge in [0, 0.05) is 18.1 Å². The van der Waals surface area contributed by atoms with Gasteiger partial charge in [0.25, 0.3) is 10.0 Å². The molecule has 1 aliphatic rings. The SMILES string of the molecule is CCOC(=O)[C@H]1CCCN(c2ncc(NS(=O)(=O)c3cccc(Cl)c3C)cc2C(=O)O)C1. The van der Waals surface area contributed by atoms with Crippen LogP contribution in [0.1, 0.15) is 35.7 Å². The van der Waals surface area contributed by atoms with E-state index in [1.807, 2.05) is 0 Å². The van der Waals surface area contributed by atoms with E-state index in [0.29, 0.717) is 30.0 Å². The molecule has 1 aromatic carbocycles. The van der Waals surface area contributed by atoms with Crippen molar-refractivity contribution in [2.75, 3.05) is 29.3 Å². The lowest BCUT2D eigenvalue weighted by molar-refractivity contribution is -0.148. The minimum atomic E-state index is -4.02.